The van der Waals surface area contributed by atoms with Crippen molar-refractivity contribution in [1.29, 1.82) is 0 Å². The van der Waals surface area contributed by atoms with Crippen LogP contribution in [0.1, 0.15) is 27.2 Å². The molecule has 0 aromatic rings. The summed E-state index contributed by atoms with van der Waals surface area (Å²) in [4.78, 5) is 27.6. The first-order valence-corrected chi connectivity index (χ1v) is 9.25. The van der Waals surface area contributed by atoms with Crippen molar-refractivity contribution in [3.05, 3.63) is 0 Å². The standard InChI is InChI=1S/C13H26N4O4S/c1-9(2)16(8-6-15-22(4,20)21)12(18)10(3)17-7-5-11(14)13(17)19/h9-11,15H,5-8,14H2,1-4H3/t10-,11-/m0/s1. The van der Waals surface area contributed by atoms with Crippen LogP contribution in [0.25, 0.3) is 0 Å². The fraction of sp³-hybridized carbons (Fsp3) is 0.846. The van der Waals surface area contributed by atoms with E-state index in [-0.39, 0.29) is 30.9 Å². The van der Waals surface area contributed by atoms with E-state index >= 15 is 0 Å². The molecule has 0 bridgehead atoms. The maximum atomic E-state index is 12.6. The van der Waals surface area contributed by atoms with Crippen LogP contribution in [-0.2, 0) is 19.6 Å². The van der Waals surface area contributed by atoms with Crippen LogP contribution in [-0.4, -0.2) is 74.0 Å². The quantitative estimate of drug-likeness (QED) is 0.602. The third-order valence-corrected chi connectivity index (χ3v) is 4.46. The Hall–Kier alpha value is -1.19. The maximum absolute atomic E-state index is 12.6. The van der Waals surface area contributed by atoms with E-state index in [2.05, 4.69) is 4.72 Å². The van der Waals surface area contributed by atoms with Gasteiger partial charge in [-0.25, -0.2) is 13.1 Å². The molecule has 22 heavy (non-hydrogen) atoms. The highest BCUT2D eigenvalue weighted by molar-refractivity contribution is 7.88. The van der Waals surface area contributed by atoms with Crippen LogP contribution in [0.5, 0.6) is 0 Å². The number of hydrogen-bond acceptors (Lipinski definition) is 5. The average molecular weight is 334 g/mol. The summed E-state index contributed by atoms with van der Waals surface area (Å²) in [7, 11) is -3.29. The molecule has 1 rings (SSSR count). The molecule has 1 fully saturated rings. The van der Waals surface area contributed by atoms with Gasteiger partial charge < -0.3 is 15.5 Å². The molecule has 1 aliphatic heterocycles. The van der Waals surface area contributed by atoms with E-state index in [0.717, 1.165) is 6.26 Å². The normalized spacial score (nSPS) is 20.5. The largest absolute Gasteiger partial charge is 0.337 e. The summed E-state index contributed by atoms with van der Waals surface area (Å²) in [5.74, 6) is -0.411. The van der Waals surface area contributed by atoms with Crippen LogP contribution in [0, 0.1) is 0 Å². The van der Waals surface area contributed by atoms with E-state index in [1.807, 2.05) is 13.8 Å². The third kappa shape index (κ3) is 4.92. The smallest absolute Gasteiger partial charge is 0.245 e. The van der Waals surface area contributed by atoms with Gasteiger partial charge in [0, 0.05) is 25.7 Å². The lowest BCUT2D eigenvalue weighted by Gasteiger charge is -2.33. The molecule has 0 aromatic heterocycles. The number of nitrogens with one attached hydrogen (secondary N) is 1. The van der Waals surface area contributed by atoms with Crippen molar-refractivity contribution in [3.8, 4) is 0 Å². The summed E-state index contributed by atoms with van der Waals surface area (Å²) in [6, 6.07) is -1.22. The Morgan fingerprint density at radius 1 is 1.45 bits per heavy atom. The molecule has 2 amide bonds. The lowest BCUT2D eigenvalue weighted by Crippen LogP contribution is -2.52. The zero-order valence-corrected chi connectivity index (χ0v) is 14.4. The molecule has 0 aromatic carbocycles. The molecule has 1 aliphatic rings. The monoisotopic (exact) mass is 334 g/mol. The Morgan fingerprint density at radius 3 is 2.45 bits per heavy atom. The molecular weight excluding hydrogens is 308 g/mol. The number of nitrogens with zero attached hydrogens (tertiary/aromatic N) is 2. The highest BCUT2D eigenvalue weighted by Crippen LogP contribution is 2.15. The van der Waals surface area contributed by atoms with Crippen LogP contribution < -0.4 is 10.5 Å². The Kier molecular flexibility index (Phi) is 6.33. The number of sulfonamides is 1. The van der Waals surface area contributed by atoms with E-state index in [1.54, 1.807) is 11.8 Å². The van der Waals surface area contributed by atoms with Gasteiger partial charge in [-0.3, -0.25) is 9.59 Å². The van der Waals surface area contributed by atoms with Gasteiger partial charge in [-0.05, 0) is 27.2 Å². The van der Waals surface area contributed by atoms with Crippen LogP contribution in [0.2, 0.25) is 0 Å². The number of likely N-dealkylation sites (tertiary alicyclic amines) is 1. The van der Waals surface area contributed by atoms with Gasteiger partial charge in [-0.2, -0.15) is 0 Å². The van der Waals surface area contributed by atoms with Gasteiger partial charge in [0.25, 0.3) is 0 Å². The molecule has 0 unspecified atom stereocenters. The summed E-state index contributed by atoms with van der Waals surface area (Å²) in [5.41, 5.74) is 5.68. The summed E-state index contributed by atoms with van der Waals surface area (Å²) in [6.07, 6.45) is 1.62. The summed E-state index contributed by atoms with van der Waals surface area (Å²) in [5, 5.41) is 0. The first-order valence-electron chi connectivity index (χ1n) is 7.35. The van der Waals surface area contributed by atoms with Crippen molar-refractivity contribution >= 4 is 21.8 Å². The SMILES string of the molecule is CC(C)N(CCNS(C)(=O)=O)C(=O)[C@H](C)N1CC[C@H](N)C1=O. The van der Waals surface area contributed by atoms with Gasteiger partial charge in [0.05, 0.1) is 12.3 Å². The van der Waals surface area contributed by atoms with Crippen molar-refractivity contribution in [3.63, 3.8) is 0 Å². The second-order valence-electron chi connectivity index (χ2n) is 5.89. The van der Waals surface area contributed by atoms with E-state index in [9.17, 15) is 18.0 Å². The molecule has 3 N–H and O–H groups in total. The minimum absolute atomic E-state index is 0.0947. The van der Waals surface area contributed by atoms with E-state index in [4.69, 9.17) is 5.73 Å². The fourth-order valence-electron chi connectivity index (χ4n) is 2.46. The molecule has 128 valence electrons. The highest BCUT2D eigenvalue weighted by Gasteiger charge is 2.36. The molecule has 0 spiro atoms. The average Bonchev–Trinajstić information content (AvgIpc) is 2.72. The lowest BCUT2D eigenvalue weighted by atomic mass is 10.2. The van der Waals surface area contributed by atoms with Crippen molar-refractivity contribution in [2.24, 2.45) is 5.73 Å². The Morgan fingerprint density at radius 2 is 2.05 bits per heavy atom. The predicted molar refractivity (Wildman–Crippen MR) is 83.5 cm³/mol. The molecule has 1 saturated heterocycles. The van der Waals surface area contributed by atoms with Gasteiger partial charge in [0.1, 0.15) is 6.04 Å². The number of hydrogen-bond donors (Lipinski definition) is 2. The van der Waals surface area contributed by atoms with Crippen molar-refractivity contribution in [2.75, 3.05) is 25.9 Å². The van der Waals surface area contributed by atoms with Crippen LogP contribution in [0.15, 0.2) is 0 Å². The van der Waals surface area contributed by atoms with Gasteiger partial charge in [0.2, 0.25) is 21.8 Å². The molecular formula is C13H26N4O4S. The Bertz CT molecular complexity index is 520. The Balaban J connectivity index is 2.70. The maximum Gasteiger partial charge on any atom is 0.245 e. The highest BCUT2D eigenvalue weighted by atomic mass is 32.2. The van der Waals surface area contributed by atoms with Crippen LogP contribution in [0.4, 0.5) is 0 Å². The first-order chi connectivity index (χ1) is 10.0. The van der Waals surface area contributed by atoms with E-state index in [1.165, 1.54) is 4.90 Å². The van der Waals surface area contributed by atoms with Crippen LogP contribution >= 0.6 is 0 Å². The van der Waals surface area contributed by atoms with Gasteiger partial charge >= 0.3 is 0 Å². The molecule has 9 heteroatoms. The third-order valence-electron chi connectivity index (χ3n) is 3.73. The minimum Gasteiger partial charge on any atom is -0.337 e. The van der Waals surface area contributed by atoms with E-state index < -0.39 is 22.1 Å². The Labute approximate surface area is 132 Å². The number of rotatable bonds is 7. The number of amides is 2. The molecule has 0 saturated carbocycles. The zero-order chi connectivity index (χ0) is 17.1. The van der Waals surface area contributed by atoms with Crippen LogP contribution in [0.3, 0.4) is 0 Å². The van der Waals surface area contributed by atoms with Gasteiger partial charge in [0.15, 0.2) is 0 Å². The number of carbonyl (C=O) groups is 2. The first kappa shape index (κ1) is 18.9. The van der Waals surface area contributed by atoms with Gasteiger partial charge in [-0.1, -0.05) is 0 Å². The second-order valence-corrected chi connectivity index (χ2v) is 7.73. The van der Waals surface area contributed by atoms with E-state index in [0.29, 0.717) is 13.0 Å². The fourth-order valence-corrected chi connectivity index (χ4v) is 2.92. The van der Waals surface area contributed by atoms with Crippen molar-refractivity contribution in [2.45, 2.75) is 45.3 Å². The molecule has 1 heterocycles. The number of nitrogens with two attached hydrogens (primary N) is 1. The lowest BCUT2D eigenvalue weighted by molar-refractivity contribution is -0.144. The summed E-state index contributed by atoms with van der Waals surface area (Å²) < 4.78 is 24.6. The van der Waals surface area contributed by atoms with Crippen molar-refractivity contribution in [1.82, 2.24) is 14.5 Å². The predicted octanol–water partition coefficient (Wildman–Crippen LogP) is -1.28. The molecule has 0 aliphatic carbocycles. The topological polar surface area (TPSA) is 113 Å². The van der Waals surface area contributed by atoms with Gasteiger partial charge in [-0.15, -0.1) is 0 Å². The molecule has 2 atom stereocenters. The second kappa shape index (κ2) is 7.38. The van der Waals surface area contributed by atoms with Crippen molar-refractivity contribution < 1.29 is 18.0 Å². The summed E-state index contributed by atoms with van der Waals surface area (Å²) in [6.45, 7) is 6.24. The molecule has 8 nitrogen and oxygen atoms in total. The number of carbonyl (C=O) groups excluding carboxylic acids is 2. The summed E-state index contributed by atoms with van der Waals surface area (Å²) >= 11 is 0. The molecule has 0 radical (unpaired) electrons. The zero-order valence-electron chi connectivity index (χ0n) is 13.6. The minimum atomic E-state index is -3.29.